The van der Waals surface area contributed by atoms with Crippen LogP contribution in [0.15, 0.2) is 0 Å². The zero-order chi connectivity index (χ0) is 17.6. The standard InChI is InChI=1S/C4H10O.3C3H10OSi.Hf/c1-2-3-4-5;3*1-5(2,3)4;/h5H,2-4H2,1H3;3*4H,1-3H3;. The van der Waals surface area contributed by atoms with Gasteiger partial charge in [-0.25, -0.2) is 0 Å². The number of hydrogen-bond acceptors (Lipinski definition) is 4. The number of hydrogen-bond donors (Lipinski definition) is 4. The van der Waals surface area contributed by atoms with E-state index in [0.29, 0.717) is 6.61 Å². The van der Waals surface area contributed by atoms with E-state index in [4.69, 9.17) is 19.5 Å². The van der Waals surface area contributed by atoms with Gasteiger partial charge < -0.3 is 19.5 Å². The third-order valence-electron chi connectivity index (χ3n) is 0.512. The van der Waals surface area contributed by atoms with E-state index in [-0.39, 0.29) is 25.8 Å². The Hall–Kier alpha value is 1.36. The molecule has 0 aromatic heterocycles. The molecule has 0 saturated heterocycles. The molecule has 0 aromatic rings. The summed E-state index contributed by atoms with van der Waals surface area (Å²) < 4.78 is 0. The number of unbranched alkanes of at least 4 members (excludes halogenated alkanes) is 1. The molecular weight excluding hydrogens is 483 g/mol. The zero-order valence-electron chi connectivity index (χ0n) is 15.9. The molecule has 0 amide bonds. The quantitative estimate of drug-likeness (QED) is 0.420. The minimum atomic E-state index is -1.61. The van der Waals surface area contributed by atoms with Gasteiger partial charge in [-0.2, -0.15) is 0 Å². The van der Waals surface area contributed by atoms with E-state index >= 15 is 0 Å². The van der Waals surface area contributed by atoms with E-state index in [2.05, 4.69) is 6.92 Å². The number of aliphatic hydroxyl groups excluding tert-OH is 1. The van der Waals surface area contributed by atoms with Gasteiger partial charge in [-0.05, 0) is 65.3 Å². The van der Waals surface area contributed by atoms with Crippen LogP contribution in [-0.4, -0.2) is 51.1 Å². The Morgan fingerprint density at radius 3 is 0.762 bits per heavy atom. The molecule has 0 aliphatic rings. The summed E-state index contributed by atoms with van der Waals surface area (Å²) in [6, 6.07) is 0. The second kappa shape index (κ2) is 17.7. The molecule has 0 bridgehead atoms. The minimum absolute atomic E-state index is 0. The average molecular weight is 523 g/mol. The topological polar surface area (TPSA) is 80.9 Å². The Kier molecular flexibility index (Phi) is 28.5. The van der Waals surface area contributed by atoms with Crippen LogP contribution in [0.5, 0.6) is 0 Å². The summed E-state index contributed by atoms with van der Waals surface area (Å²) in [4.78, 5) is 26.0. The molecule has 0 aliphatic heterocycles. The molecule has 0 heterocycles. The van der Waals surface area contributed by atoms with Crippen LogP contribution in [0.25, 0.3) is 0 Å². The summed E-state index contributed by atoms with van der Waals surface area (Å²) in [5.41, 5.74) is 0. The van der Waals surface area contributed by atoms with Gasteiger partial charge in [0.1, 0.15) is 0 Å². The van der Waals surface area contributed by atoms with Gasteiger partial charge in [0, 0.05) is 32.5 Å². The van der Waals surface area contributed by atoms with Crippen molar-refractivity contribution in [1.82, 2.24) is 0 Å². The van der Waals surface area contributed by atoms with E-state index in [1.54, 1.807) is 0 Å². The van der Waals surface area contributed by atoms with E-state index < -0.39 is 25.0 Å². The smallest absolute Gasteiger partial charge is 0.179 e. The predicted octanol–water partition coefficient (Wildman–Crippen LogP) is 3.22. The van der Waals surface area contributed by atoms with Gasteiger partial charge in [0.25, 0.3) is 0 Å². The molecule has 0 atom stereocenters. The van der Waals surface area contributed by atoms with Gasteiger partial charge >= 0.3 is 0 Å². The monoisotopic (exact) mass is 524 g/mol. The molecule has 0 saturated carbocycles. The average Bonchev–Trinajstić information content (AvgIpc) is 1.94. The summed E-state index contributed by atoms with van der Waals surface area (Å²) in [6.45, 7) is 19.3. The largest absolute Gasteiger partial charge is 0.433 e. The molecule has 0 fully saturated rings. The maximum absolute atomic E-state index is 8.66. The fraction of sp³-hybridized carbons (Fsp3) is 1.00. The minimum Gasteiger partial charge on any atom is -0.433 e. The third-order valence-corrected chi connectivity index (χ3v) is 0.512. The molecule has 0 unspecified atom stereocenters. The first-order chi connectivity index (χ1) is 8.41. The van der Waals surface area contributed by atoms with E-state index in [1.165, 1.54) is 0 Å². The van der Waals surface area contributed by atoms with Crippen molar-refractivity contribution in [3.8, 4) is 0 Å². The van der Waals surface area contributed by atoms with Crippen LogP contribution in [0.2, 0.25) is 58.9 Å². The maximum atomic E-state index is 8.66. The summed E-state index contributed by atoms with van der Waals surface area (Å²) in [5, 5.41) is 8.07. The molecule has 0 rings (SSSR count). The second-order valence-corrected chi connectivity index (χ2v) is 20.6. The van der Waals surface area contributed by atoms with Gasteiger partial charge in [-0.3, -0.25) is 0 Å². The SMILES string of the molecule is CCCCO.C[Si](C)(C)O.C[Si](C)(C)O.C[Si](C)(C)O.[Hf]. The fourth-order valence-electron chi connectivity index (χ4n) is 0.158. The van der Waals surface area contributed by atoms with Crippen molar-refractivity contribution in [2.75, 3.05) is 6.61 Å². The molecule has 0 aliphatic carbocycles. The molecule has 0 aromatic carbocycles. The van der Waals surface area contributed by atoms with Crippen molar-refractivity contribution >= 4 is 25.0 Å². The molecule has 132 valence electrons. The van der Waals surface area contributed by atoms with Crippen LogP contribution in [0, 0.1) is 0 Å². The van der Waals surface area contributed by atoms with Gasteiger partial charge in [0.2, 0.25) is 0 Å². The Morgan fingerprint density at radius 1 is 0.619 bits per heavy atom. The van der Waals surface area contributed by atoms with Crippen LogP contribution >= 0.6 is 0 Å². The van der Waals surface area contributed by atoms with Crippen LogP contribution in [0.4, 0.5) is 0 Å². The summed E-state index contributed by atoms with van der Waals surface area (Å²) >= 11 is 0. The molecule has 0 spiro atoms. The number of aliphatic hydroxyl groups is 1. The van der Waals surface area contributed by atoms with Crippen molar-refractivity contribution in [1.29, 1.82) is 0 Å². The molecule has 4 nitrogen and oxygen atoms in total. The Morgan fingerprint density at radius 2 is 0.762 bits per heavy atom. The molecule has 21 heavy (non-hydrogen) atoms. The molecule has 8 heteroatoms. The second-order valence-electron chi connectivity index (χ2n) is 7.59. The normalized spacial score (nSPS) is 10.6. The zero-order valence-corrected chi connectivity index (χ0v) is 22.5. The van der Waals surface area contributed by atoms with E-state index in [9.17, 15) is 0 Å². The predicted molar refractivity (Wildman–Crippen MR) is 98.7 cm³/mol. The summed E-state index contributed by atoms with van der Waals surface area (Å²) in [5.74, 6) is 0. The Balaban J connectivity index is -0.0000000533. The van der Waals surface area contributed by atoms with Crippen molar-refractivity contribution in [3.05, 3.63) is 0 Å². The molecular formula is C13H40HfO4Si3. The van der Waals surface area contributed by atoms with E-state index in [1.807, 2.05) is 58.9 Å². The van der Waals surface area contributed by atoms with Gasteiger partial charge in [-0.1, -0.05) is 13.3 Å². The van der Waals surface area contributed by atoms with Crippen LogP contribution in [-0.2, 0) is 25.8 Å². The Labute approximate surface area is 155 Å². The van der Waals surface area contributed by atoms with Gasteiger partial charge in [0.15, 0.2) is 25.0 Å². The summed E-state index contributed by atoms with van der Waals surface area (Å²) in [6.07, 6.45) is 2.04. The molecule has 0 radical (unpaired) electrons. The third kappa shape index (κ3) is 709. The van der Waals surface area contributed by atoms with Crippen LogP contribution in [0.3, 0.4) is 0 Å². The summed E-state index contributed by atoms with van der Waals surface area (Å²) in [7, 11) is -4.83. The van der Waals surface area contributed by atoms with Crippen molar-refractivity contribution < 1.29 is 45.3 Å². The van der Waals surface area contributed by atoms with Crippen LogP contribution < -0.4 is 0 Å². The van der Waals surface area contributed by atoms with Gasteiger partial charge in [-0.15, -0.1) is 0 Å². The van der Waals surface area contributed by atoms with Crippen molar-refractivity contribution in [3.63, 3.8) is 0 Å². The van der Waals surface area contributed by atoms with Crippen LogP contribution in [0.1, 0.15) is 19.8 Å². The molecule has 4 N–H and O–H groups in total. The van der Waals surface area contributed by atoms with Crippen molar-refractivity contribution in [2.24, 2.45) is 0 Å². The van der Waals surface area contributed by atoms with Crippen molar-refractivity contribution in [2.45, 2.75) is 78.7 Å². The van der Waals surface area contributed by atoms with E-state index in [0.717, 1.165) is 12.8 Å². The Bertz CT molecular complexity index is 139. The maximum Gasteiger partial charge on any atom is 0.179 e. The van der Waals surface area contributed by atoms with Gasteiger partial charge in [0.05, 0.1) is 0 Å². The first-order valence-corrected chi connectivity index (χ1v) is 17.5. The first-order valence-electron chi connectivity index (χ1n) is 7.19. The number of rotatable bonds is 2. The fourth-order valence-corrected chi connectivity index (χ4v) is 0.158. The first kappa shape index (κ1) is 33.9.